The summed E-state index contributed by atoms with van der Waals surface area (Å²) in [5, 5.41) is 20.8. The molecule has 2 rings (SSSR count). The van der Waals surface area contributed by atoms with E-state index in [1.807, 2.05) is 27.0 Å². The highest BCUT2D eigenvalue weighted by atomic mass is 16.4. The summed E-state index contributed by atoms with van der Waals surface area (Å²) in [5.41, 5.74) is -1.13. The van der Waals surface area contributed by atoms with Crippen molar-refractivity contribution in [2.75, 3.05) is 13.1 Å². The van der Waals surface area contributed by atoms with Gasteiger partial charge in [-0.1, -0.05) is 0 Å². The number of aromatic nitrogens is 3. The third kappa shape index (κ3) is 4.56. The Morgan fingerprint density at radius 3 is 2.78 bits per heavy atom. The van der Waals surface area contributed by atoms with Gasteiger partial charge in [-0.2, -0.15) is 5.10 Å². The Bertz CT molecular complexity index is 658. The molecule has 8 heteroatoms. The molecule has 0 aliphatic heterocycles. The van der Waals surface area contributed by atoms with Gasteiger partial charge >= 0.3 is 0 Å². The van der Waals surface area contributed by atoms with Gasteiger partial charge in [0.2, 0.25) is 0 Å². The van der Waals surface area contributed by atoms with Gasteiger partial charge in [0.1, 0.15) is 35.8 Å². The highest BCUT2D eigenvalue weighted by Crippen LogP contribution is 2.21. The van der Waals surface area contributed by atoms with Crippen LogP contribution in [0.5, 0.6) is 0 Å². The van der Waals surface area contributed by atoms with Crippen molar-refractivity contribution in [3.8, 4) is 0 Å². The van der Waals surface area contributed by atoms with Gasteiger partial charge in [-0.05, 0) is 32.9 Å². The van der Waals surface area contributed by atoms with Crippen molar-refractivity contribution in [3.05, 3.63) is 35.8 Å². The van der Waals surface area contributed by atoms with E-state index < -0.39 is 5.60 Å². The lowest BCUT2D eigenvalue weighted by Crippen LogP contribution is -2.44. The first kappa shape index (κ1) is 17.0. The molecule has 0 spiro atoms. The summed E-state index contributed by atoms with van der Waals surface area (Å²) in [6.07, 6.45) is 1.50. The van der Waals surface area contributed by atoms with Gasteiger partial charge in [0.25, 0.3) is 0 Å². The first-order chi connectivity index (χ1) is 10.9. The smallest absolute Gasteiger partial charge is 0.191 e. The maximum atomic E-state index is 10.5. The van der Waals surface area contributed by atoms with Gasteiger partial charge in [0.05, 0.1) is 6.54 Å². The number of furan rings is 1. The molecule has 0 aromatic carbocycles. The number of rotatable bonds is 6. The molecule has 3 N–H and O–H groups in total. The van der Waals surface area contributed by atoms with Crippen LogP contribution < -0.4 is 10.6 Å². The second kappa shape index (κ2) is 7.28. The van der Waals surface area contributed by atoms with Crippen LogP contribution >= 0.6 is 0 Å². The minimum absolute atomic E-state index is 0.268. The first-order valence-corrected chi connectivity index (χ1v) is 7.56. The molecule has 0 aliphatic carbocycles. The van der Waals surface area contributed by atoms with Gasteiger partial charge in [-0.25, -0.2) is 9.98 Å². The lowest BCUT2D eigenvalue weighted by Gasteiger charge is -2.22. The average Bonchev–Trinajstić information content (AvgIpc) is 3.11. The zero-order chi connectivity index (χ0) is 16.9. The second-order valence-corrected chi connectivity index (χ2v) is 5.53. The van der Waals surface area contributed by atoms with E-state index in [-0.39, 0.29) is 6.54 Å². The van der Waals surface area contributed by atoms with Gasteiger partial charge in [0, 0.05) is 13.6 Å². The molecule has 0 saturated carbocycles. The molecule has 0 saturated heterocycles. The summed E-state index contributed by atoms with van der Waals surface area (Å²) < 4.78 is 7.18. The molecule has 2 aromatic rings. The topological polar surface area (TPSA) is 100 Å². The number of aliphatic imine (C=N–C) groups is 1. The number of hydrogen-bond donors (Lipinski definition) is 3. The van der Waals surface area contributed by atoms with Crippen LogP contribution in [0.4, 0.5) is 0 Å². The zero-order valence-electron chi connectivity index (χ0n) is 14.0. The molecule has 0 radical (unpaired) electrons. The van der Waals surface area contributed by atoms with E-state index in [1.165, 1.54) is 6.33 Å². The van der Waals surface area contributed by atoms with Crippen molar-refractivity contribution >= 4 is 5.96 Å². The molecule has 0 fully saturated rings. The van der Waals surface area contributed by atoms with Crippen LogP contribution in [-0.4, -0.2) is 38.9 Å². The Labute approximate surface area is 135 Å². The summed E-state index contributed by atoms with van der Waals surface area (Å²) in [7, 11) is 1.82. The van der Waals surface area contributed by atoms with Crippen LogP contribution in [0.25, 0.3) is 0 Å². The molecule has 126 valence electrons. The van der Waals surface area contributed by atoms with Gasteiger partial charge in [-0.15, -0.1) is 0 Å². The van der Waals surface area contributed by atoms with Gasteiger partial charge < -0.3 is 20.2 Å². The van der Waals surface area contributed by atoms with E-state index in [0.29, 0.717) is 24.8 Å². The molecule has 0 bridgehead atoms. The minimum Gasteiger partial charge on any atom is -0.463 e. The summed E-state index contributed by atoms with van der Waals surface area (Å²) in [5.74, 6) is 2.64. The Morgan fingerprint density at radius 2 is 2.22 bits per heavy atom. The van der Waals surface area contributed by atoms with Crippen molar-refractivity contribution < 1.29 is 9.52 Å². The quantitative estimate of drug-likeness (QED) is 0.534. The number of guanidine groups is 1. The summed E-state index contributed by atoms with van der Waals surface area (Å²) in [4.78, 5) is 8.58. The maximum absolute atomic E-state index is 10.5. The summed E-state index contributed by atoms with van der Waals surface area (Å²) in [6, 6.07) is 3.61. The molecule has 2 heterocycles. The zero-order valence-corrected chi connectivity index (χ0v) is 14.0. The Kier molecular flexibility index (Phi) is 5.38. The maximum Gasteiger partial charge on any atom is 0.191 e. The number of aryl methyl sites for hydroxylation is 2. The largest absolute Gasteiger partial charge is 0.463 e. The fraction of sp³-hybridized carbons (Fsp3) is 0.533. The van der Waals surface area contributed by atoms with Gasteiger partial charge in [0.15, 0.2) is 5.96 Å². The van der Waals surface area contributed by atoms with Crippen LogP contribution in [-0.2, 0) is 19.2 Å². The Morgan fingerprint density at radius 1 is 1.43 bits per heavy atom. The van der Waals surface area contributed by atoms with Crippen LogP contribution in [0.2, 0.25) is 0 Å². The predicted molar refractivity (Wildman–Crippen MR) is 86.8 cm³/mol. The predicted octanol–water partition coefficient (Wildman–Crippen LogP) is 0.679. The molecule has 0 aliphatic rings. The lowest BCUT2D eigenvalue weighted by atomic mass is 10.0. The highest BCUT2D eigenvalue weighted by molar-refractivity contribution is 5.79. The lowest BCUT2D eigenvalue weighted by molar-refractivity contribution is 0.0378. The van der Waals surface area contributed by atoms with Crippen molar-refractivity contribution in [1.82, 2.24) is 25.4 Å². The molecule has 23 heavy (non-hydrogen) atoms. The van der Waals surface area contributed by atoms with E-state index in [4.69, 9.17) is 4.42 Å². The number of aliphatic hydroxyl groups is 1. The van der Waals surface area contributed by atoms with Crippen molar-refractivity contribution in [3.63, 3.8) is 0 Å². The molecule has 0 amide bonds. The Hall–Kier alpha value is -2.35. The van der Waals surface area contributed by atoms with E-state index in [9.17, 15) is 5.11 Å². The molecular formula is C15H24N6O2. The fourth-order valence-electron chi connectivity index (χ4n) is 2.02. The normalized spacial score (nSPS) is 14.6. The van der Waals surface area contributed by atoms with Crippen LogP contribution in [0.15, 0.2) is 27.9 Å². The number of nitrogens with one attached hydrogen (secondary N) is 2. The monoisotopic (exact) mass is 320 g/mol. The summed E-state index contributed by atoms with van der Waals surface area (Å²) >= 11 is 0. The van der Waals surface area contributed by atoms with E-state index >= 15 is 0 Å². The molecule has 8 nitrogen and oxygen atoms in total. The van der Waals surface area contributed by atoms with Crippen molar-refractivity contribution in [2.45, 2.75) is 32.9 Å². The van der Waals surface area contributed by atoms with E-state index in [2.05, 4.69) is 25.7 Å². The van der Waals surface area contributed by atoms with E-state index in [0.717, 1.165) is 11.6 Å². The number of nitrogens with zero attached hydrogens (tertiary/aromatic N) is 4. The van der Waals surface area contributed by atoms with Crippen molar-refractivity contribution in [1.29, 1.82) is 0 Å². The van der Waals surface area contributed by atoms with Crippen LogP contribution in [0, 0.1) is 6.92 Å². The highest BCUT2D eigenvalue weighted by Gasteiger charge is 2.27. The number of hydrogen-bond acceptors (Lipinski definition) is 5. The Balaban J connectivity index is 2.00. The molecule has 2 aromatic heterocycles. The molecule has 1 unspecified atom stereocenters. The van der Waals surface area contributed by atoms with E-state index in [1.54, 1.807) is 17.7 Å². The fourth-order valence-corrected chi connectivity index (χ4v) is 2.02. The van der Waals surface area contributed by atoms with Crippen LogP contribution in [0.3, 0.4) is 0 Å². The second-order valence-electron chi connectivity index (χ2n) is 5.53. The third-order valence-corrected chi connectivity index (χ3v) is 3.40. The first-order valence-electron chi connectivity index (χ1n) is 7.56. The van der Waals surface area contributed by atoms with Crippen LogP contribution in [0.1, 0.15) is 31.2 Å². The van der Waals surface area contributed by atoms with Gasteiger partial charge in [-0.3, -0.25) is 4.68 Å². The SMILES string of the molecule is CCNC(=NCc1ncnn1C)NCC(C)(O)c1ccc(C)o1. The molecule has 1 atom stereocenters. The molecular weight excluding hydrogens is 296 g/mol. The standard InChI is InChI=1S/C15H24N6O2/c1-5-16-14(17-8-13-19-10-20-21(13)4)18-9-15(3,22)12-7-6-11(2)23-12/h6-7,10,22H,5,8-9H2,1-4H3,(H2,16,17,18). The summed E-state index contributed by atoms with van der Waals surface area (Å²) in [6.45, 7) is 6.91. The van der Waals surface area contributed by atoms with Crippen molar-refractivity contribution in [2.24, 2.45) is 12.0 Å². The minimum atomic E-state index is -1.13. The average molecular weight is 320 g/mol. The third-order valence-electron chi connectivity index (χ3n) is 3.40.